The second-order valence-corrected chi connectivity index (χ2v) is 10.4. The van der Waals surface area contributed by atoms with Gasteiger partial charge in [-0.3, -0.25) is 4.98 Å². The zero-order chi connectivity index (χ0) is 28.8. The molecule has 0 saturated heterocycles. The Balaban J connectivity index is 1.33. The molecule has 208 valence electrons. The van der Waals surface area contributed by atoms with Crippen molar-refractivity contribution < 1.29 is 14.3 Å². The van der Waals surface area contributed by atoms with Gasteiger partial charge in [0.05, 0.1) is 18.5 Å². The standard InChI is InChI=1S/C32H32N6O3/c1-32(2,3)22-9-11-28(40-4)26(19-22)37-31(39)36-25-10-12-27(24-8-6-5-7-23(24)25)41-29-15-18-34-30(38-29)35-20-21-13-16-33-17-14-21/h5-19H,20H2,1-4H3,(H,34,35,38)(H2,36,37,39). The van der Waals surface area contributed by atoms with Crippen molar-refractivity contribution in [1.29, 1.82) is 0 Å². The fourth-order valence-corrected chi connectivity index (χ4v) is 4.30. The number of carbonyl (C=O) groups is 1. The minimum absolute atomic E-state index is 0.0781. The predicted molar refractivity (Wildman–Crippen MR) is 162 cm³/mol. The fourth-order valence-electron chi connectivity index (χ4n) is 4.30. The van der Waals surface area contributed by atoms with Gasteiger partial charge in [-0.2, -0.15) is 4.98 Å². The van der Waals surface area contributed by atoms with E-state index in [2.05, 4.69) is 51.7 Å². The maximum atomic E-state index is 13.1. The Labute approximate surface area is 239 Å². The molecule has 2 amide bonds. The molecule has 2 aromatic heterocycles. The van der Waals surface area contributed by atoms with Crippen LogP contribution in [0.25, 0.3) is 10.8 Å². The van der Waals surface area contributed by atoms with Gasteiger partial charge >= 0.3 is 6.03 Å². The SMILES string of the molecule is COc1ccc(C(C)(C)C)cc1NC(=O)Nc1ccc(Oc2ccnc(NCc3ccncc3)n2)c2ccccc12. The van der Waals surface area contributed by atoms with Crippen molar-refractivity contribution in [2.24, 2.45) is 0 Å². The monoisotopic (exact) mass is 548 g/mol. The highest BCUT2D eigenvalue weighted by molar-refractivity contribution is 6.08. The summed E-state index contributed by atoms with van der Waals surface area (Å²) in [5.41, 5.74) is 3.30. The molecule has 0 unspecified atom stereocenters. The summed E-state index contributed by atoms with van der Waals surface area (Å²) in [4.78, 5) is 25.9. The average molecular weight is 549 g/mol. The first-order valence-electron chi connectivity index (χ1n) is 13.2. The van der Waals surface area contributed by atoms with Crippen molar-refractivity contribution in [3.05, 3.63) is 103 Å². The highest BCUT2D eigenvalue weighted by Crippen LogP contribution is 2.35. The second kappa shape index (κ2) is 11.9. The van der Waals surface area contributed by atoms with Crippen LogP contribution in [-0.4, -0.2) is 28.1 Å². The van der Waals surface area contributed by atoms with Crippen molar-refractivity contribution >= 4 is 34.1 Å². The number of amides is 2. The number of hydrogen-bond donors (Lipinski definition) is 3. The molecule has 3 N–H and O–H groups in total. The van der Waals surface area contributed by atoms with Gasteiger partial charge in [0, 0.05) is 42.0 Å². The molecule has 41 heavy (non-hydrogen) atoms. The minimum Gasteiger partial charge on any atom is -0.495 e. The number of ether oxygens (including phenoxy) is 2. The first-order chi connectivity index (χ1) is 19.8. The molecule has 0 aliphatic rings. The Kier molecular flexibility index (Phi) is 7.96. The van der Waals surface area contributed by atoms with E-state index in [1.807, 2.05) is 66.7 Å². The number of aromatic nitrogens is 3. The number of pyridine rings is 1. The Bertz CT molecular complexity index is 1670. The lowest BCUT2D eigenvalue weighted by atomic mass is 9.87. The number of benzene rings is 3. The molecule has 5 rings (SSSR count). The topological polar surface area (TPSA) is 110 Å². The third kappa shape index (κ3) is 6.70. The van der Waals surface area contributed by atoms with Crippen LogP contribution in [-0.2, 0) is 12.0 Å². The van der Waals surface area contributed by atoms with Crippen molar-refractivity contribution in [2.75, 3.05) is 23.1 Å². The van der Waals surface area contributed by atoms with Gasteiger partial charge in [0.15, 0.2) is 0 Å². The highest BCUT2D eigenvalue weighted by atomic mass is 16.5. The van der Waals surface area contributed by atoms with Gasteiger partial charge in [0.2, 0.25) is 11.8 Å². The van der Waals surface area contributed by atoms with Gasteiger partial charge in [-0.15, -0.1) is 0 Å². The molecule has 9 nitrogen and oxygen atoms in total. The molecule has 0 saturated carbocycles. The Hall–Kier alpha value is -5.18. The molecular formula is C32H32N6O3. The van der Waals surface area contributed by atoms with E-state index in [-0.39, 0.29) is 11.4 Å². The van der Waals surface area contributed by atoms with Crippen LogP contribution in [0, 0.1) is 0 Å². The summed E-state index contributed by atoms with van der Waals surface area (Å²) in [7, 11) is 1.58. The van der Waals surface area contributed by atoms with Crippen LogP contribution in [0.5, 0.6) is 17.4 Å². The lowest BCUT2D eigenvalue weighted by molar-refractivity contribution is 0.262. The van der Waals surface area contributed by atoms with E-state index in [0.717, 1.165) is 21.9 Å². The van der Waals surface area contributed by atoms with E-state index < -0.39 is 0 Å². The van der Waals surface area contributed by atoms with Crippen molar-refractivity contribution in [1.82, 2.24) is 15.0 Å². The van der Waals surface area contributed by atoms with Crippen LogP contribution in [0.3, 0.4) is 0 Å². The zero-order valence-electron chi connectivity index (χ0n) is 23.4. The average Bonchev–Trinajstić information content (AvgIpc) is 2.97. The van der Waals surface area contributed by atoms with Gasteiger partial charge in [0.1, 0.15) is 11.5 Å². The van der Waals surface area contributed by atoms with Gasteiger partial charge in [-0.05, 0) is 52.9 Å². The number of methoxy groups -OCH3 is 1. The van der Waals surface area contributed by atoms with E-state index in [4.69, 9.17) is 9.47 Å². The number of carbonyl (C=O) groups excluding carboxylic acids is 1. The summed E-state index contributed by atoms with van der Waals surface area (Å²) in [6, 6.07) is 22.3. The summed E-state index contributed by atoms with van der Waals surface area (Å²) < 4.78 is 11.6. The minimum atomic E-state index is -0.381. The van der Waals surface area contributed by atoms with Crippen molar-refractivity contribution in [2.45, 2.75) is 32.7 Å². The fraction of sp³-hybridized carbons (Fsp3) is 0.188. The molecule has 0 fully saturated rings. The van der Waals surface area contributed by atoms with Crippen LogP contribution >= 0.6 is 0 Å². The molecule has 2 heterocycles. The number of urea groups is 1. The summed E-state index contributed by atoms with van der Waals surface area (Å²) in [6.45, 7) is 6.92. The third-order valence-electron chi connectivity index (χ3n) is 6.49. The Morgan fingerprint density at radius 3 is 2.32 bits per heavy atom. The quantitative estimate of drug-likeness (QED) is 0.186. The number of rotatable bonds is 8. The van der Waals surface area contributed by atoms with E-state index in [1.165, 1.54) is 0 Å². The van der Waals surface area contributed by atoms with E-state index in [1.54, 1.807) is 31.8 Å². The number of hydrogen-bond acceptors (Lipinski definition) is 7. The maximum absolute atomic E-state index is 13.1. The highest BCUT2D eigenvalue weighted by Gasteiger charge is 2.18. The van der Waals surface area contributed by atoms with Crippen LogP contribution in [0.15, 0.2) is 91.4 Å². The Morgan fingerprint density at radius 2 is 1.56 bits per heavy atom. The molecule has 0 aliphatic carbocycles. The molecule has 5 aromatic rings. The number of fused-ring (bicyclic) bond motifs is 1. The van der Waals surface area contributed by atoms with Gasteiger partial charge in [-0.25, -0.2) is 9.78 Å². The van der Waals surface area contributed by atoms with E-state index in [9.17, 15) is 4.79 Å². The zero-order valence-corrected chi connectivity index (χ0v) is 23.4. The third-order valence-corrected chi connectivity index (χ3v) is 6.49. The number of anilines is 3. The predicted octanol–water partition coefficient (Wildman–Crippen LogP) is 7.38. The first kappa shape index (κ1) is 27.4. The summed E-state index contributed by atoms with van der Waals surface area (Å²) in [5, 5.41) is 10.8. The summed E-state index contributed by atoms with van der Waals surface area (Å²) >= 11 is 0. The second-order valence-electron chi connectivity index (χ2n) is 10.4. The van der Waals surface area contributed by atoms with Gasteiger partial charge in [0.25, 0.3) is 0 Å². The normalized spacial score (nSPS) is 11.1. The van der Waals surface area contributed by atoms with Crippen molar-refractivity contribution in [3.63, 3.8) is 0 Å². The lowest BCUT2D eigenvalue weighted by Crippen LogP contribution is -2.21. The maximum Gasteiger partial charge on any atom is 0.323 e. The molecular weight excluding hydrogens is 516 g/mol. The summed E-state index contributed by atoms with van der Waals surface area (Å²) in [6.07, 6.45) is 5.13. The lowest BCUT2D eigenvalue weighted by Gasteiger charge is -2.21. The molecule has 0 aliphatic heterocycles. The number of nitrogens with one attached hydrogen (secondary N) is 3. The molecule has 9 heteroatoms. The van der Waals surface area contributed by atoms with Crippen LogP contribution in [0.1, 0.15) is 31.9 Å². The van der Waals surface area contributed by atoms with Gasteiger partial charge < -0.3 is 25.4 Å². The number of nitrogens with zero attached hydrogens (tertiary/aromatic N) is 3. The smallest absolute Gasteiger partial charge is 0.323 e. The largest absolute Gasteiger partial charge is 0.495 e. The van der Waals surface area contributed by atoms with E-state index >= 15 is 0 Å². The molecule has 0 bridgehead atoms. The first-order valence-corrected chi connectivity index (χ1v) is 13.2. The molecule has 0 atom stereocenters. The van der Waals surface area contributed by atoms with Crippen LogP contribution in [0.2, 0.25) is 0 Å². The Morgan fingerprint density at radius 1 is 0.829 bits per heavy atom. The molecule has 0 spiro atoms. The van der Waals surface area contributed by atoms with Crippen LogP contribution < -0.4 is 25.4 Å². The molecule has 0 radical (unpaired) electrons. The summed E-state index contributed by atoms with van der Waals surface area (Å²) in [5.74, 6) is 2.03. The van der Waals surface area contributed by atoms with Crippen molar-refractivity contribution in [3.8, 4) is 17.4 Å². The van der Waals surface area contributed by atoms with Crippen LogP contribution in [0.4, 0.5) is 22.1 Å². The molecule has 3 aromatic carbocycles. The van der Waals surface area contributed by atoms with E-state index in [0.29, 0.717) is 41.2 Å². The van der Waals surface area contributed by atoms with Gasteiger partial charge in [-0.1, -0.05) is 51.1 Å².